The molecule has 27 heavy (non-hydrogen) atoms. The normalized spacial score (nSPS) is 15.5. The van der Waals surface area contributed by atoms with Gasteiger partial charge in [-0.15, -0.1) is 0 Å². The number of nitrogens with zero attached hydrogens (tertiary/aromatic N) is 2. The predicted octanol–water partition coefficient (Wildman–Crippen LogP) is 3.75. The second-order valence-electron chi connectivity index (χ2n) is 6.88. The minimum absolute atomic E-state index is 0.0968. The minimum atomic E-state index is -0.109. The Morgan fingerprint density at radius 1 is 0.926 bits per heavy atom. The molecule has 0 aliphatic carbocycles. The summed E-state index contributed by atoms with van der Waals surface area (Å²) >= 11 is 5.89. The van der Waals surface area contributed by atoms with Crippen molar-refractivity contribution in [1.29, 1.82) is 0 Å². The van der Waals surface area contributed by atoms with Gasteiger partial charge in [-0.3, -0.25) is 9.59 Å². The zero-order chi connectivity index (χ0) is 19.2. The lowest BCUT2D eigenvalue weighted by Crippen LogP contribution is -2.52. The molecule has 0 saturated carbocycles. The monoisotopic (exact) mass is 384 g/mol. The lowest BCUT2D eigenvalue weighted by atomic mass is 9.95. The van der Waals surface area contributed by atoms with Gasteiger partial charge >= 0.3 is 0 Å². The van der Waals surface area contributed by atoms with Gasteiger partial charge in [0.25, 0.3) is 0 Å². The zero-order valence-electron chi connectivity index (χ0n) is 15.6. The summed E-state index contributed by atoms with van der Waals surface area (Å²) in [6, 6.07) is 17.3. The first-order chi connectivity index (χ1) is 13.1. The molecule has 5 heteroatoms. The number of amides is 2. The van der Waals surface area contributed by atoms with Gasteiger partial charge in [0.1, 0.15) is 0 Å². The molecule has 0 bridgehead atoms. The summed E-state index contributed by atoms with van der Waals surface area (Å²) < 4.78 is 0. The number of hydrogen-bond donors (Lipinski definition) is 0. The molecule has 2 aromatic carbocycles. The second kappa shape index (κ2) is 9.05. The van der Waals surface area contributed by atoms with Crippen molar-refractivity contribution in [1.82, 2.24) is 9.80 Å². The van der Waals surface area contributed by atoms with E-state index in [0.717, 1.165) is 17.5 Å². The van der Waals surface area contributed by atoms with Crippen LogP contribution in [0.3, 0.4) is 0 Å². The Hall–Kier alpha value is -2.33. The Labute approximate surface area is 165 Å². The van der Waals surface area contributed by atoms with Crippen LogP contribution in [0.15, 0.2) is 54.6 Å². The first kappa shape index (κ1) is 19.4. The van der Waals surface area contributed by atoms with Crippen LogP contribution in [0.1, 0.15) is 30.4 Å². The molecule has 1 atom stereocenters. The summed E-state index contributed by atoms with van der Waals surface area (Å²) in [5.41, 5.74) is 2.02. The zero-order valence-corrected chi connectivity index (χ0v) is 16.4. The van der Waals surface area contributed by atoms with Crippen molar-refractivity contribution in [3.05, 3.63) is 70.7 Å². The van der Waals surface area contributed by atoms with E-state index in [4.69, 9.17) is 11.6 Å². The van der Waals surface area contributed by atoms with E-state index in [1.165, 1.54) is 0 Å². The fourth-order valence-electron chi connectivity index (χ4n) is 3.52. The Balaban J connectivity index is 1.55. The molecule has 1 saturated heterocycles. The van der Waals surface area contributed by atoms with Crippen LogP contribution in [-0.4, -0.2) is 47.8 Å². The maximum Gasteiger partial charge on any atom is 0.230 e. The molecular weight excluding hydrogens is 360 g/mol. The molecule has 0 spiro atoms. The fourth-order valence-corrected chi connectivity index (χ4v) is 3.65. The average molecular weight is 385 g/mol. The van der Waals surface area contributed by atoms with Gasteiger partial charge in [-0.1, -0.05) is 61.0 Å². The van der Waals surface area contributed by atoms with Gasteiger partial charge < -0.3 is 9.80 Å². The lowest BCUT2D eigenvalue weighted by molar-refractivity contribution is -0.140. The molecule has 0 N–H and O–H groups in total. The highest BCUT2D eigenvalue weighted by atomic mass is 35.5. The first-order valence-electron chi connectivity index (χ1n) is 9.44. The molecule has 1 aliphatic rings. The van der Waals surface area contributed by atoms with Crippen molar-refractivity contribution in [2.75, 3.05) is 26.2 Å². The maximum absolute atomic E-state index is 12.9. The standard InChI is InChI=1S/C22H25ClN2O2/c1-2-20(18-6-4-3-5-7-18)22(27)25-14-12-24(13-15-25)21(26)16-17-8-10-19(23)11-9-17/h3-11,20H,2,12-16H2,1H3. The number of halogens is 1. The van der Waals surface area contributed by atoms with Gasteiger partial charge in [-0.05, 0) is 29.7 Å². The summed E-state index contributed by atoms with van der Waals surface area (Å²) in [5, 5.41) is 0.669. The lowest BCUT2D eigenvalue weighted by Gasteiger charge is -2.36. The third kappa shape index (κ3) is 4.89. The van der Waals surface area contributed by atoms with Gasteiger partial charge in [-0.25, -0.2) is 0 Å². The van der Waals surface area contributed by atoms with Crippen molar-refractivity contribution in [3.8, 4) is 0 Å². The number of rotatable bonds is 5. The number of hydrogen-bond acceptors (Lipinski definition) is 2. The van der Waals surface area contributed by atoms with Gasteiger partial charge in [0.15, 0.2) is 0 Å². The Bertz CT molecular complexity index is 769. The van der Waals surface area contributed by atoms with Crippen molar-refractivity contribution in [2.24, 2.45) is 0 Å². The molecule has 142 valence electrons. The van der Waals surface area contributed by atoms with Crippen molar-refractivity contribution in [2.45, 2.75) is 25.7 Å². The van der Waals surface area contributed by atoms with Crippen LogP contribution in [0.25, 0.3) is 0 Å². The van der Waals surface area contributed by atoms with Crippen molar-refractivity contribution in [3.63, 3.8) is 0 Å². The van der Waals surface area contributed by atoms with E-state index < -0.39 is 0 Å². The van der Waals surface area contributed by atoms with Crippen LogP contribution in [0.4, 0.5) is 0 Å². The van der Waals surface area contributed by atoms with Crippen LogP contribution in [0, 0.1) is 0 Å². The molecule has 1 unspecified atom stereocenters. The Morgan fingerprint density at radius 2 is 1.52 bits per heavy atom. The van der Waals surface area contributed by atoms with E-state index in [-0.39, 0.29) is 17.7 Å². The SMILES string of the molecule is CCC(C(=O)N1CCN(C(=O)Cc2ccc(Cl)cc2)CC1)c1ccccc1. The van der Waals surface area contributed by atoms with Crippen LogP contribution in [0.5, 0.6) is 0 Å². The highest BCUT2D eigenvalue weighted by Crippen LogP contribution is 2.23. The number of benzene rings is 2. The quantitative estimate of drug-likeness (QED) is 0.787. The third-order valence-electron chi connectivity index (χ3n) is 5.12. The summed E-state index contributed by atoms with van der Waals surface area (Å²) in [5.74, 6) is 0.149. The van der Waals surface area contributed by atoms with E-state index >= 15 is 0 Å². The Morgan fingerprint density at radius 3 is 2.11 bits per heavy atom. The van der Waals surface area contributed by atoms with E-state index in [1.54, 1.807) is 12.1 Å². The number of carbonyl (C=O) groups excluding carboxylic acids is 2. The van der Waals surface area contributed by atoms with E-state index in [2.05, 4.69) is 0 Å². The number of carbonyl (C=O) groups is 2. The van der Waals surface area contributed by atoms with E-state index in [1.807, 2.05) is 59.2 Å². The summed E-state index contributed by atoms with van der Waals surface area (Å²) in [6.07, 6.45) is 1.14. The molecule has 4 nitrogen and oxygen atoms in total. The molecule has 3 rings (SSSR count). The minimum Gasteiger partial charge on any atom is -0.339 e. The van der Waals surface area contributed by atoms with Crippen molar-refractivity contribution < 1.29 is 9.59 Å². The highest BCUT2D eigenvalue weighted by molar-refractivity contribution is 6.30. The average Bonchev–Trinajstić information content (AvgIpc) is 2.71. The molecule has 1 fully saturated rings. The summed E-state index contributed by atoms with van der Waals surface area (Å²) in [4.78, 5) is 29.2. The van der Waals surface area contributed by atoms with Crippen LogP contribution >= 0.6 is 11.6 Å². The summed E-state index contributed by atoms with van der Waals surface area (Å²) in [7, 11) is 0. The van der Waals surface area contributed by atoms with Gasteiger partial charge in [0.2, 0.25) is 11.8 Å². The smallest absolute Gasteiger partial charge is 0.230 e. The molecule has 1 heterocycles. The first-order valence-corrected chi connectivity index (χ1v) is 9.82. The maximum atomic E-state index is 12.9. The molecular formula is C22H25ClN2O2. The van der Waals surface area contributed by atoms with Gasteiger partial charge in [0.05, 0.1) is 12.3 Å². The predicted molar refractivity (Wildman–Crippen MR) is 108 cm³/mol. The molecule has 0 aromatic heterocycles. The molecule has 1 aliphatic heterocycles. The number of piperazine rings is 1. The molecule has 2 aromatic rings. The third-order valence-corrected chi connectivity index (χ3v) is 5.37. The fraction of sp³-hybridized carbons (Fsp3) is 0.364. The van der Waals surface area contributed by atoms with Gasteiger partial charge in [0, 0.05) is 31.2 Å². The molecule has 2 amide bonds. The Kier molecular flexibility index (Phi) is 6.51. The molecule has 0 radical (unpaired) electrons. The van der Waals surface area contributed by atoms with Crippen molar-refractivity contribution >= 4 is 23.4 Å². The summed E-state index contributed by atoms with van der Waals surface area (Å²) in [6.45, 7) is 4.40. The van der Waals surface area contributed by atoms with Crippen LogP contribution in [0.2, 0.25) is 5.02 Å². The second-order valence-corrected chi connectivity index (χ2v) is 7.32. The largest absolute Gasteiger partial charge is 0.339 e. The highest BCUT2D eigenvalue weighted by Gasteiger charge is 2.28. The topological polar surface area (TPSA) is 40.6 Å². The van der Waals surface area contributed by atoms with E-state index in [9.17, 15) is 9.59 Å². The van der Waals surface area contributed by atoms with Crippen LogP contribution in [-0.2, 0) is 16.0 Å². The van der Waals surface area contributed by atoms with Crippen LogP contribution < -0.4 is 0 Å². The van der Waals surface area contributed by atoms with E-state index in [0.29, 0.717) is 37.6 Å². The van der Waals surface area contributed by atoms with Gasteiger partial charge in [-0.2, -0.15) is 0 Å².